The van der Waals surface area contributed by atoms with Gasteiger partial charge in [-0.25, -0.2) is 4.79 Å². The van der Waals surface area contributed by atoms with Crippen LogP contribution in [-0.4, -0.2) is 39.4 Å². The van der Waals surface area contributed by atoms with Crippen LogP contribution in [0.3, 0.4) is 0 Å². The highest BCUT2D eigenvalue weighted by atomic mass is 32.2. The maximum atomic E-state index is 12.0. The molecule has 1 N–H and O–H groups in total. The molecule has 1 heterocycles. The van der Waals surface area contributed by atoms with Crippen LogP contribution in [0.4, 0.5) is 4.79 Å². The summed E-state index contributed by atoms with van der Waals surface area (Å²) in [6, 6.07) is 5.89. The number of carbonyl (C=O) groups is 3. The molecule has 1 aromatic rings. The van der Waals surface area contributed by atoms with Gasteiger partial charge in [-0.05, 0) is 12.1 Å². The summed E-state index contributed by atoms with van der Waals surface area (Å²) < 4.78 is 0. The minimum Gasteiger partial charge on any atom is -0.478 e. The van der Waals surface area contributed by atoms with Crippen molar-refractivity contribution in [3.8, 4) is 0 Å². The van der Waals surface area contributed by atoms with E-state index in [1.54, 1.807) is 12.1 Å². The van der Waals surface area contributed by atoms with Crippen LogP contribution in [0.15, 0.2) is 24.3 Å². The number of carbonyl (C=O) groups excluding carboxylic acids is 2. The van der Waals surface area contributed by atoms with Crippen molar-refractivity contribution in [2.24, 2.45) is 0 Å². The van der Waals surface area contributed by atoms with Crippen LogP contribution in [0.1, 0.15) is 20.7 Å². The molecule has 1 aliphatic rings. The molecule has 2 amide bonds. The number of nitrogens with zero attached hydrogens (tertiary/aromatic N) is 1. The number of carboxylic acid groups (broad SMARTS) is 1. The van der Waals surface area contributed by atoms with Gasteiger partial charge in [0.2, 0.25) is 0 Å². The number of rotatable bonds is 2. The molecule has 1 aliphatic heterocycles. The van der Waals surface area contributed by atoms with Gasteiger partial charge in [0.05, 0.1) is 11.1 Å². The molecule has 0 radical (unpaired) electrons. The first-order valence-corrected chi connectivity index (χ1v) is 5.91. The predicted octanol–water partition coefficient (Wildman–Crippen LogP) is 1.69. The Morgan fingerprint density at radius 1 is 1.24 bits per heavy atom. The van der Waals surface area contributed by atoms with Crippen molar-refractivity contribution in [1.82, 2.24) is 4.90 Å². The Labute approximate surface area is 101 Å². The zero-order valence-corrected chi connectivity index (χ0v) is 9.57. The summed E-state index contributed by atoms with van der Waals surface area (Å²) in [5, 5.41) is 8.64. The molecule has 1 fully saturated rings. The van der Waals surface area contributed by atoms with Crippen molar-refractivity contribution in [3.05, 3.63) is 35.4 Å². The van der Waals surface area contributed by atoms with Gasteiger partial charge in [-0.2, -0.15) is 0 Å². The fourth-order valence-electron chi connectivity index (χ4n) is 1.58. The van der Waals surface area contributed by atoms with Crippen molar-refractivity contribution in [1.29, 1.82) is 0 Å². The lowest BCUT2D eigenvalue weighted by atomic mass is 10.1. The Hall–Kier alpha value is -1.82. The summed E-state index contributed by atoms with van der Waals surface area (Å²) in [5.41, 5.74) is -0.0296. The molecule has 0 aliphatic carbocycles. The molecule has 0 unspecified atom stereocenters. The molecule has 5 nitrogen and oxygen atoms in total. The maximum Gasteiger partial charge on any atom is 0.336 e. The third kappa shape index (κ3) is 2.16. The second-order valence-electron chi connectivity index (χ2n) is 3.42. The molecule has 0 saturated carbocycles. The SMILES string of the molecule is O=C(O)c1ccccc1C(=O)N1CCSC1=O. The quantitative estimate of drug-likeness (QED) is 0.865. The third-order valence-electron chi connectivity index (χ3n) is 2.39. The van der Waals surface area contributed by atoms with E-state index >= 15 is 0 Å². The van der Waals surface area contributed by atoms with Crippen LogP contribution in [0.25, 0.3) is 0 Å². The second kappa shape index (κ2) is 4.58. The lowest BCUT2D eigenvalue weighted by molar-refractivity contribution is 0.0685. The minimum absolute atomic E-state index is 0.0517. The van der Waals surface area contributed by atoms with Crippen LogP contribution in [0.2, 0.25) is 0 Å². The molecule has 0 spiro atoms. The van der Waals surface area contributed by atoms with E-state index in [-0.39, 0.29) is 16.4 Å². The van der Waals surface area contributed by atoms with Crippen LogP contribution in [0.5, 0.6) is 0 Å². The molecule has 0 bridgehead atoms. The summed E-state index contributed by atoms with van der Waals surface area (Å²) >= 11 is 1.06. The highest BCUT2D eigenvalue weighted by molar-refractivity contribution is 8.13. The number of amides is 2. The van der Waals surface area contributed by atoms with Crippen molar-refractivity contribution in [2.45, 2.75) is 0 Å². The van der Waals surface area contributed by atoms with E-state index in [1.807, 2.05) is 0 Å². The number of imide groups is 1. The number of thioether (sulfide) groups is 1. The van der Waals surface area contributed by atoms with Gasteiger partial charge in [0, 0.05) is 12.3 Å². The van der Waals surface area contributed by atoms with E-state index < -0.39 is 11.9 Å². The number of benzene rings is 1. The standard InChI is InChI=1S/C11H9NO4S/c13-9(12-5-6-17-11(12)16)7-3-1-2-4-8(7)10(14)15/h1-4H,5-6H2,(H,14,15). The largest absolute Gasteiger partial charge is 0.478 e. The molecule has 1 aromatic carbocycles. The summed E-state index contributed by atoms with van der Waals surface area (Å²) in [6.07, 6.45) is 0. The average Bonchev–Trinajstić information content (AvgIpc) is 2.74. The topological polar surface area (TPSA) is 74.7 Å². The fourth-order valence-corrected chi connectivity index (χ4v) is 2.36. The normalized spacial score (nSPS) is 15.1. The Kier molecular flexibility index (Phi) is 3.14. The van der Waals surface area contributed by atoms with E-state index in [2.05, 4.69) is 0 Å². The number of hydrogen-bond donors (Lipinski definition) is 1. The Morgan fingerprint density at radius 2 is 1.88 bits per heavy atom. The number of aromatic carboxylic acids is 1. The van der Waals surface area contributed by atoms with Gasteiger partial charge in [-0.1, -0.05) is 23.9 Å². The molecule has 6 heteroatoms. The molecule has 17 heavy (non-hydrogen) atoms. The van der Waals surface area contributed by atoms with Crippen molar-refractivity contribution >= 4 is 28.9 Å². The minimum atomic E-state index is -1.17. The van der Waals surface area contributed by atoms with Gasteiger partial charge in [0.15, 0.2) is 0 Å². The first kappa shape index (κ1) is 11.7. The fraction of sp³-hybridized carbons (Fsp3) is 0.182. The van der Waals surface area contributed by atoms with Gasteiger partial charge in [-0.3, -0.25) is 14.5 Å². The molecule has 0 aromatic heterocycles. The van der Waals surface area contributed by atoms with E-state index in [1.165, 1.54) is 12.1 Å². The van der Waals surface area contributed by atoms with Gasteiger partial charge < -0.3 is 5.11 Å². The van der Waals surface area contributed by atoms with E-state index in [9.17, 15) is 14.4 Å². The summed E-state index contributed by atoms with van der Waals surface area (Å²) in [5.74, 6) is -1.16. The van der Waals surface area contributed by atoms with Crippen LogP contribution < -0.4 is 0 Å². The second-order valence-corrected chi connectivity index (χ2v) is 4.47. The van der Waals surface area contributed by atoms with Crippen LogP contribution in [-0.2, 0) is 0 Å². The van der Waals surface area contributed by atoms with Gasteiger partial charge >= 0.3 is 5.97 Å². The molecular weight excluding hydrogens is 242 g/mol. The van der Waals surface area contributed by atoms with E-state index in [0.29, 0.717) is 12.3 Å². The highest BCUT2D eigenvalue weighted by Crippen LogP contribution is 2.21. The summed E-state index contributed by atoms with van der Waals surface area (Å²) in [6.45, 7) is 0.330. The number of carboxylic acids is 1. The Balaban J connectivity index is 2.37. The maximum absolute atomic E-state index is 12.0. The van der Waals surface area contributed by atoms with Crippen molar-refractivity contribution in [3.63, 3.8) is 0 Å². The van der Waals surface area contributed by atoms with Gasteiger partial charge in [0.25, 0.3) is 11.1 Å². The Morgan fingerprint density at radius 3 is 2.41 bits per heavy atom. The van der Waals surface area contributed by atoms with Gasteiger partial charge in [0.1, 0.15) is 0 Å². The molecule has 88 valence electrons. The van der Waals surface area contributed by atoms with Crippen molar-refractivity contribution < 1.29 is 19.5 Å². The molecule has 0 atom stereocenters. The van der Waals surface area contributed by atoms with E-state index in [4.69, 9.17) is 5.11 Å². The summed E-state index contributed by atoms with van der Waals surface area (Å²) in [4.78, 5) is 35.4. The number of hydrogen-bond acceptors (Lipinski definition) is 4. The molecule has 2 rings (SSSR count). The average molecular weight is 251 g/mol. The molecule has 1 saturated heterocycles. The van der Waals surface area contributed by atoms with Gasteiger partial charge in [-0.15, -0.1) is 0 Å². The Bertz CT molecular complexity index is 500. The third-order valence-corrected chi connectivity index (χ3v) is 3.25. The predicted molar refractivity (Wildman–Crippen MR) is 62.3 cm³/mol. The zero-order valence-electron chi connectivity index (χ0n) is 8.75. The van der Waals surface area contributed by atoms with Crippen LogP contribution in [0, 0.1) is 0 Å². The smallest absolute Gasteiger partial charge is 0.336 e. The van der Waals surface area contributed by atoms with E-state index in [0.717, 1.165) is 16.7 Å². The zero-order chi connectivity index (χ0) is 12.4. The first-order valence-electron chi connectivity index (χ1n) is 4.92. The highest BCUT2D eigenvalue weighted by Gasteiger charge is 2.30. The summed E-state index contributed by atoms with van der Waals surface area (Å²) in [7, 11) is 0. The molecular formula is C11H9NO4S. The first-order chi connectivity index (χ1) is 8.11. The van der Waals surface area contributed by atoms with Crippen LogP contribution >= 0.6 is 11.8 Å². The monoisotopic (exact) mass is 251 g/mol. The lowest BCUT2D eigenvalue weighted by Crippen LogP contribution is -2.31. The van der Waals surface area contributed by atoms with Crippen molar-refractivity contribution in [2.75, 3.05) is 12.3 Å². The lowest BCUT2D eigenvalue weighted by Gasteiger charge is -2.13.